The SMILES string of the molecule is Cl.NCCc1cn(Cc2ccc(Cl)cc2)c2ccccc12. The van der Waals surface area contributed by atoms with Gasteiger partial charge in [-0.15, -0.1) is 12.4 Å². The number of halogens is 2. The molecule has 2 N–H and O–H groups in total. The van der Waals surface area contributed by atoms with Gasteiger partial charge in [0.2, 0.25) is 0 Å². The Morgan fingerprint density at radius 1 is 1.00 bits per heavy atom. The van der Waals surface area contributed by atoms with E-state index in [1.54, 1.807) is 0 Å². The summed E-state index contributed by atoms with van der Waals surface area (Å²) in [4.78, 5) is 0. The van der Waals surface area contributed by atoms with E-state index in [2.05, 4.69) is 47.2 Å². The number of benzene rings is 2. The fourth-order valence-corrected chi connectivity index (χ4v) is 2.72. The standard InChI is InChI=1S/C17H17ClN2.ClH/c18-15-7-5-13(6-8-15)11-20-12-14(9-10-19)16-3-1-2-4-17(16)20;/h1-8,12H,9-11,19H2;1H. The molecule has 0 bridgehead atoms. The van der Waals surface area contributed by atoms with Gasteiger partial charge in [0.15, 0.2) is 0 Å². The predicted molar refractivity (Wildman–Crippen MR) is 92.5 cm³/mol. The Balaban J connectivity index is 0.00000161. The van der Waals surface area contributed by atoms with E-state index in [1.807, 2.05) is 12.1 Å². The van der Waals surface area contributed by atoms with Crippen molar-refractivity contribution in [2.45, 2.75) is 13.0 Å². The predicted octanol–water partition coefficient (Wildman–Crippen LogP) is 4.27. The van der Waals surface area contributed by atoms with Crippen molar-refractivity contribution >= 4 is 34.9 Å². The van der Waals surface area contributed by atoms with Gasteiger partial charge in [-0.3, -0.25) is 0 Å². The molecule has 4 heteroatoms. The molecule has 1 aromatic heterocycles. The molecule has 1 heterocycles. The number of nitrogens with two attached hydrogens (primary N) is 1. The zero-order chi connectivity index (χ0) is 13.9. The minimum absolute atomic E-state index is 0. The van der Waals surface area contributed by atoms with Crippen molar-refractivity contribution in [3.05, 3.63) is 70.9 Å². The number of hydrogen-bond donors (Lipinski definition) is 1. The van der Waals surface area contributed by atoms with Crippen LogP contribution in [-0.4, -0.2) is 11.1 Å². The number of para-hydroxylation sites is 1. The molecule has 0 amide bonds. The molecule has 0 atom stereocenters. The third kappa shape index (κ3) is 3.41. The lowest BCUT2D eigenvalue weighted by atomic mass is 10.1. The van der Waals surface area contributed by atoms with E-state index in [1.165, 1.54) is 22.0 Å². The highest BCUT2D eigenvalue weighted by atomic mass is 35.5. The first-order valence-electron chi connectivity index (χ1n) is 6.79. The molecule has 21 heavy (non-hydrogen) atoms. The largest absolute Gasteiger partial charge is 0.343 e. The summed E-state index contributed by atoms with van der Waals surface area (Å²) in [6, 6.07) is 16.5. The summed E-state index contributed by atoms with van der Waals surface area (Å²) in [5.74, 6) is 0. The first-order chi connectivity index (χ1) is 9.78. The zero-order valence-corrected chi connectivity index (χ0v) is 13.2. The van der Waals surface area contributed by atoms with Crippen LogP contribution in [0.15, 0.2) is 54.7 Å². The molecular weight excluding hydrogens is 303 g/mol. The molecule has 2 nitrogen and oxygen atoms in total. The summed E-state index contributed by atoms with van der Waals surface area (Å²) in [7, 11) is 0. The third-order valence-corrected chi connectivity index (χ3v) is 3.80. The summed E-state index contributed by atoms with van der Waals surface area (Å²) in [6.45, 7) is 1.53. The smallest absolute Gasteiger partial charge is 0.0486 e. The second-order valence-corrected chi connectivity index (χ2v) is 5.40. The maximum atomic E-state index is 5.93. The number of fused-ring (bicyclic) bond motifs is 1. The number of nitrogens with zero attached hydrogens (tertiary/aromatic N) is 1. The van der Waals surface area contributed by atoms with Gasteiger partial charge in [-0.05, 0) is 42.3 Å². The Hall–Kier alpha value is -1.48. The first-order valence-corrected chi connectivity index (χ1v) is 7.17. The molecule has 0 aliphatic heterocycles. The van der Waals surface area contributed by atoms with Gasteiger partial charge in [0, 0.05) is 28.7 Å². The quantitative estimate of drug-likeness (QED) is 0.764. The number of rotatable bonds is 4. The molecular formula is C17H18Cl2N2. The van der Waals surface area contributed by atoms with E-state index in [0.717, 1.165) is 18.0 Å². The van der Waals surface area contributed by atoms with Gasteiger partial charge in [0.25, 0.3) is 0 Å². The molecule has 0 aliphatic rings. The summed E-state index contributed by atoms with van der Waals surface area (Å²) in [5.41, 5.74) is 9.52. The molecule has 3 rings (SSSR count). The molecule has 0 aliphatic carbocycles. The van der Waals surface area contributed by atoms with Crippen LogP contribution in [0, 0.1) is 0 Å². The molecule has 0 saturated carbocycles. The molecule has 2 aromatic carbocycles. The van der Waals surface area contributed by atoms with Crippen molar-refractivity contribution in [3.63, 3.8) is 0 Å². The van der Waals surface area contributed by atoms with E-state index in [4.69, 9.17) is 17.3 Å². The van der Waals surface area contributed by atoms with E-state index >= 15 is 0 Å². The Bertz CT molecular complexity index is 717. The van der Waals surface area contributed by atoms with Gasteiger partial charge >= 0.3 is 0 Å². The summed E-state index contributed by atoms with van der Waals surface area (Å²) in [5, 5.41) is 2.07. The van der Waals surface area contributed by atoms with Crippen LogP contribution in [0.4, 0.5) is 0 Å². The average Bonchev–Trinajstić information content (AvgIpc) is 2.81. The second-order valence-electron chi connectivity index (χ2n) is 4.96. The highest BCUT2D eigenvalue weighted by molar-refractivity contribution is 6.30. The van der Waals surface area contributed by atoms with Crippen molar-refractivity contribution in [3.8, 4) is 0 Å². The zero-order valence-electron chi connectivity index (χ0n) is 11.6. The summed E-state index contributed by atoms with van der Waals surface area (Å²) in [6.07, 6.45) is 3.13. The highest BCUT2D eigenvalue weighted by Crippen LogP contribution is 2.23. The van der Waals surface area contributed by atoms with E-state index < -0.39 is 0 Å². The lowest BCUT2D eigenvalue weighted by Gasteiger charge is -2.05. The molecule has 110 valence electrons. The average molecular weight is 321 g/mol. The number of hydrogen-bond acceptors (Lipinski definition) is 1. The Labute approximate surface area is 135 Å². The van der Waals surface area contributed by atoms with E-state index in [-0.39, 0.29) is 12.4 Å². The molecule has 0 unspecified atom stereocenters. The maximum absolute atomic E-state index is 5.93. The molecule has 0 saturated heterocycles. The van der Waals surface area contributed by atoms with Crippen LogP contribution in [0.3, 0.4) is 0 Å². The van der Waals surface area contributed by atoms with E-state index in [0.29, 0.717) is 6.54 Å². The van der Waals surface area contributed by atoms with Crippen molar-refractivity contribution < 1.29 is 0 Å². The van der Waals surface area contributed by atoms with Gasteiger partial charge in [0.05, 0.1) is 0 Å². The minimum Gasteiger partial charge on any atom is -0.343 e. The highest BCUT2D eigenvalue weighted by Gasteiger charge is 2.07. The molecule has 0 fully saturated rings. The van der Waals surface area contributed by atoms with Crippen LogP contribution in [0.2, 0.25) is 5.02 Å². The van der Waals surface area contributed by atoms with Crippen LogP contribution in [0.1, 0.15) is 11.1 Å². The summed E-state index contributed by atoms with van der Waals surface area (Å²) >= 11 is 5.93. The Kier molecular flexibility index (Phi) is 5.29. The van der Waals surface area contributed by atoms with Crippen LogP contribution in [0.5, 0.6) is 0 Å². The monoisotopic (exact) mass is 320 g/mol. The molecule has 0 radical (unpaired) electrons. The first kappa shape index (κ1) is 15.9. The fourth-order valence-electron chi connectivity index (χ4n) is 2.59. The minimum atomic E-state index is 0. The van der Waals surface area contributed by atoms with Gasteiger partial charge in [-0.25, -0.2) is 0 Å². The Morgan fingerprint density at radius 3 is 2.43 bits per heavy atom. The third-order valence-electron chi connectivity index (χ3n) is 3.55. The van der Waals surface area contributed by atoms with Crippen molar-refractivity contribution in [2.75, 3.05) is 6.54 Å². The van der Waals surface area contributed by atoms with Crippen LogP contribution >= 0.6 is 24.0 Å². The van der Waals surface area contributed by atoms with Gasteiger partial charge < -0.3 is 10.3 Å². The van der Waals surface area contributed by atoms with Gasteiger partial charge in [-0.1, -0.05) is 41.9 Å². The van der Waals surface area contributed by atoms with Gasteiger partial charge in [0.1, 0.15) is 0 Å². The Morgan fingerprint density at radius 2 is 1.71 bits per heavy atom. The van der Waals surface area contributed by atoms with Crippen LogP contribution < -0.4 is 5.73 Å². The maximum Gasteiger partial charge on any atom is 0.0486 e. The van der Waals surface area contributed by atoms with E-state index in [9.17, 15) is 0 Å². The normalized spacial score (nSPS) is 10.6. The van der Waals surface area contributed by atoms with Crippen LogP contribution in [0.25, 0.3) is 10.9 Å². The lowest BCUT2D eigenvalue weighted by Crippen LogP contribution is -2.02. The lowest BCUT2D eigenvalue weighted by molar-refractivity contribution is 0.827. The van der Waals surface area contributed by atoms with Gasteiger partial charge in [-0.2, -0.15) is 0 Å². The van der Waals surface area contributed by atoms with Crippen LogP contribution in [-0.2, 0) is 13.0 Å². The van der Waals surface area contributed by atoms with Crippen molar-refractivity contribution in [1.82, 2.24) is 4.57 Å². The number of aromatic nitrogens is 1. The molecule has 0 spiro atoms. The fraction of sp³-hybridized carbons (Fsp3) is 0.176. The molecule has 3 aromatic rings. The summed E-state index contributed by atoms with van der Waals surface area (Å²) < 4.78 is 2.28. The second kappa shape index (κ2) is 6.99. The van der Waals surface area contributed by atoms with Crippen molar-refractivity contribution in [1.29, 1.82) is 0 Å². The van der Waals surface area contributed by atoms with Crippen molar-refractivity contribution in [2.24, 2.45) is 5.73 Å². The topological polar surface area (TPSA) is 30.9 Å².